The molecular formula is C19H28N2O3. The fourth-order valence-electron chi connectivity index (χ4n) is 3.65. The zero-order valence-corrected chi connectivity index (χ0v) is 14.7. The van der Waals surface area contributed by atoms with Crippen molar-refractivity contribution >= 4 is 5.91 Å². The van der Waals surface area contributed by atoms with E-state index in [1.807, 2.05) is 29.2 Å². The first-order valence-corrected chi connectivity index (χ1v) is 8.99. The van der Waals surface area contributed by atoms with E-state index in [0.29, 0.717) is 44.4 Å². The van der Waals surface area contributed by atoms with E-state index in [-0.39, 0.29) is 5.91 Å². The molecule has 1 N–H and O–H groups in total. The van der Waals surface area contributed by atoms with Crippen LogP contribution in [0.4, 0.5) is 0 Å². The highest BCUT2D eigenvalue weighted by Crippen LogP contribution is 2.23. The van der Waals surface area contributed by atoms with E-state index in [0.717, 1.165) is 30.7 Å². The molecule has 132 valence electrons. The Kier molecular flexibility index (Phi) is 5.74. The fourth-order valence-corrected chi connectivity index (χ4v) is 3.65. The van der Waals surface area contributed by atoms with Gasteiger partial charge in [0.15, 0.2) is 0 Å². The van der Waals surface area contributed by atoms with Gasteiger partial charge in [0.1, 0.15) is 12.4 Å². The molecule has 0 saturated carbocycles. The second-order valence-corrected chi connectivity index (χ2v) is 6.90. The van der Waals surface area contributed by atoms with Gasteiger partial charge in [-0.1, -0.05) is 18.2 Å². The average Bonchev–Trinajstić information content (AvgIpc) is 2.76. The molecule has 2 heterocycles. The zero-order valence-electron chi connectivity index (χ0n) is 14.7. The van der Waals surface area contributed by atoms with Crippen LogP contribution in [0, 0.1) is 0 Å². The molecular weight excluding hydrogens is 304 g/mol. The minimum absolute atomic E-state index is 0.191. The van der Waals surface area contributed by atoms with Crippen LogP contribution in [0.3, 0.4) is 0 Å². The van der Waals surface area contributed by atoms with Gasteiger partial charge in [-0.3, -0.25) is 4.79 Å². The maximum atomic E-state index is 12.5. The normalized spacial score (nSPS) is 27.1. The molecule has 0 aromatic heterocycles. The molecule has 2 aliphatic heterocycles. The van der Waals surface area contributed by atoms with E-state index >= 15 is 0 Å². The van der Waals surface area contributed by atoms with Crippen molar-refractivity contribution in [3.8, 4) is 5.75 Å². The van der Waals surface area contributed by atoms with Crippen LogP contribution in [0.1, 0.15) is 38.7 Å². The Morgan fingerprint density at radius 2 is 2.00 bits per heavy atom. The maximum absolute atomic E-state index is 12.5. The first kappa shape index (κ1) is 17.2. The smallest absolute Gasteiger partial charge is 0.224 e. The molecule has 1 fully saturated rings. The number of rotatable bonds is 4. The SMILES string of the molecule is C[C@@H]1CC(NCCC(=O)N2CCOc3ccccc3C2)C[C@@H](C)O1. The molecule has 0 spiro atoms. The number of hydrogen-bond donors (Lipinski definition) is 1. The quantitative estimate of drug-likeness (QED) is 0.919. The summed E-state index contributed by atoms with van der Waals surface area (Å²) in [5, 5.41) is 3.53. The lowest BCUT2D eigenvalue weighted by Gasteiger charge is -2.32. The van der Waals surface area contributed by atoms with Crippen LogP contribution in [0.25, 0.3) is 0 Å². The van der Waals surface area contributed by atoms with Crippen LogP contribution in [0.5, 0.6) is 5.75 Å². The molecule has 5 nitrogen and oxygen atoms in total. The van der Waals surface area contributed by atoms with Gasteiger partial charge in [0.2, 0.25) is 5.91 Å². The molecule has 24 heavy (non-hydrogen) atoms. The predicted molar refractivity (Wildman–Crippen MR) is 93.0 cm³/mol. The topological polar surface area (TPSA) is 50.8 Å². The molecule has 1 aromatic carbocycles. The lowest BCUT2D eigenvalue weighted by molar-refractivity contribution is -0.131. The molecule has 0 bridgehead atoms. The largest absolute Gasteiger partial charge is 0.491 e. The maximum Gasteiger partial charge on any atom is 0.224 e. The third-order valence-corrected chi connectivity index (χ3v) is 4.77. The lowest BCUT2D eigenvalue weighted by atomic mass is 10.00. The van der Waals surface area contributed by atoms with Crippen molar-refractivity contribution < 1.29 is 14.3 Å². The van der Waals surface area contributed by atoms with Crippen LogP contribution in [0.15, 0.2) is 24.3 Å². The summed E-state index contributed by atoms with van der Waals surface area (Å²) in [5.74, 6) is 1.09. The van der Waals surface area contributed by atoms with Gasteiger partial charge in [-0.15, -0.1) is 0 Å². The van der Waals surface area contributed by atoms with Gasteiger partial charge in [-0.2, -0.15) is 0 Å². The summed E-state index contributed by atoms with van der Waals surface area (Å²) in [5.41, 5.74) is 1.09. The van der Waals surface area contributed by atoms with E-state index in [1.165, 1.54) is 0 Å². The second-order valence-electron chi connectivity index (χ2n) is 6.90. The van der Waals surface area contributed by atoms with E-state index < -0.39 is 0 Å². The monoisotopic (exact) mass is 332 g/mol. The Morgan fingerprint density at radius 1 is 1.25 bits per heavy atom. The highest BCUT2D eigenvalue weighted by atomic mass is 16.5. The lowest BCUT2D eigenvalue weighted by Crippen LogP contribution is -2.43. The van der Waals surface area contributed by atoms with Gasteiger partial charge in [0, 0.05) is 31.1 Å². The summed E-state index contributed by atoms with van der Waals surface area (Å²) in [4.78, 5) is 14.4. The van der Waals surface area contributed by atoms with Crippen LogP contribution < -0.4 is 10.1 Å². The summed E-state index contributed by atoms with van der Waals surface area (Å²) < 4.78 is 11.5. The number of benzene rings is 1. The summed E-state index contributed by atoms with van der Waals surface area (Å²) in [6.45, 7) is 6.81. The third kappa shape index (κ3) is 4.48. The van der Waals surface area contributed by atoms with Gasteiger partial charge < -0.3 is 19.7 Å². The van der Waals surface area contributed by atoms with Crippen molar-refractivity contribution in [2.24, 2.45) is 0 Å². The van der Waals surface area contributed by atoms with Crippen molar-refractivity contribution in [1.29, 1.82) is 0 Å². The highest BCUT2D eigenvalue weighted by Gasteiger charge is 2.24. The van der Waals surface area contributed by atoms with Gasteiger partial charge in [0.25, 0.3) is 0 Å². The summed E-state index contributed by atoms with van der Waals surface area (Å²) >= 11 is 0. The molecule has 3 rings (SSSR count). The Bertz CT molecular complexity index is 553. The number of nitrogens with zero attached hydrogens (tertiary/aromatic N) is 1. The molecule has 5 heteroatoms. The van der Waals surface area contributed by atoms with Crippen molar-refractivity contribution in [2.75, 3.05) is 19.7 Å². The van der Waals surface area contributed by atoms with Crippen molar-refractivity contribution in [2.45, 2.75) is 57.9 Å². The zero-order chi connectivity index (χ0) is 16.9. The van der Waals surface area contributed by atoms with Crippen molar-refractivity contribution in [1.82, 2.24) is 10.2 Å². The van der Waals surface area contributed by atoms with E-state index in [2.05, 4.69) is 19.2 Å². The van der Waals surface area contributed by atoms with Crippen LogP contribution >= 0.6 is 0 Å². The Hall–Kier alpha value is -1.59. The summed E-state index contributed by atoms with van der Waals surface area (Å²) in [6.07, 6.45) is 3.15. The summed E-state index contributed by atoms with van der Waals surface area (Å²) in [7, 11) is 0. The molecule has 2 aliphatic rings. The van der Waals surface area contributed by atoms with Crippen molar-refractivity contribution in [3.63, 3.8) is 0 Å². The number of hydrogen-bond acceptors (Lipinski definition) is 4. The van der Waals surface area contributed by atoms with E-state index in [9.17, 15) is 4.79 Å². The Labute approximate surface area is 144 Å². The molecule has 0 unspecified atom stereocenters. The van der Waals surface area contributed by atoms with E-state index in [1.54, 1.807) is 0 Å². The number of para-hydroxylation sites is 1. The van der Waals surface area contributed by atoms with Crippen LogP contribution in [0.2, 0.25) is 0 Å². The Morgan fingerprint density at radius 3 is 2.79 bits per heavy atom. The molecule has 1 amide bonds. The Balaban J connectivity index is 1.47. The van der Waals surface area contributed by atoms with Gasteiger partial charge >= 0.3 is 0 Å². The number of fused-ring (bicyclic) bond motifs is 1. The number of amides is 1. The van der Waals surface area contributed by atoms with E-state index in [4.69, 9.17) is 9.47 Å². The third-order valence-electron chi connectivity index (χ3n) is 4.77. The minimum atomic E-state index is 0.191. The summed E-state index contributed by atoms with van der Waals surface area (Å²) in [6, 6.07) is 8.41. The molecule has 0 radical (unpaired) electrons. The number of ether oxygens (including phenoxy) is 2. The standard InChI is InChI=1S/C19H28N2O3/c1-14-11-17(12-15(2)24-14)20-8-7-19(22)21-9-10-23-18-6-4-3-5-16(18)13-21/h3-6,14-15,17,20H,7-13H2,1-2H3/t14-,15-/m1/s1. The molecule has 1 saturated heterocycles. The fraction of sp³-hybridized carbons (Fsp3) is 0.632. The molecule has 2 atom stereocenters. The first-order chi connectivity index (χ1) is 11.6. The predicted octanol–water partition coefficient (Wildman–Crippen LogP) is 2.34. The average molecular weight is 332 g/mol. The molecule has 1 aromatic rings. The second kappa shape index (κ2) is 7.99. The number of nitrogens with one attached hydrogen (secondary N) is 1. The van der Waals surface area contributed by atoms with Gasteiger partial charge in [-0.25, -0.2) is 0 Å². The molecule has 0 aliphatic carbocycles. The van der Waals surface area contributed by atoms with Crippen LogP contribution in [-0.4, -0.2) is 48.8 Å². The first-order valence-electron chi connectivity index (χ1n) is 8.99. The van der Waals surface area contributed by atoms with Crippen molar-refractivity contribution in [3.05, 3.63) is 29.8 Å². The number of carbonyl (C=O) groups excluding carboxylic acids is 1. The van der Waals surface area contributed by atoms with Gasteiger partial charge in [0.05, 0.1) is 18.8 Å². The minimum Gasteiger partial charge on any atom is -0.491 e. The number of carbonyl (C=O) groups is 1. The highest BCUT2D eigenvalue weighted by molar-refractivity contribution is 5.76. The van der Waals surface area contributed by atoms with Crippen LogP contribution in [-0.2, 0) is 16.1 Å². The van der Waals surface area contributed by atoms with Gasteiger partial charge in [-0.05, 0) is 32.8 Å².